The molecule has 0 radical (unpaired) electrons. The van der Waals surface area contributed by atoms with Crippen LogP contribution in [-0.4, -0.2) is 15.9 Å². The molecule has 0 aliphatic heterocycles. The van der Waals surface area contributed by atoms with Crippen molar-refractivity contribution in [3.63, 3.8) is 0 Å². The highest BCUT2D eigenvalue weighted by atomic mass is 16.3. The predicted molar refractivity (Wildman–Crippen MR) is 49.5 cm³/mol. The number of nitrogens with zero attached hydrogens (tertiary/aromatic N) is 1. The van der Waals surface area contributed by atoms with Crippen molar-refractivity contribution in [1.82, 2.24) is 4.98 Å². The van der Waals surface area contributed by atoms with Gasteiger partial charge in [0, 0.05) is 11.8 Å². The van der Waals surface area contributed by atoms with Crippen LogP contribution in [-0.2, 0) is 5.60 Å². The molecule has 0 amide bonds. The van der Waals surface area contributed by atoms with Gasteiger partial charge < -0.3 is 5.11 Å². The van der Waals surface area contributed by atoms with Gasteiger partial charge >= 0.3 is 0 Å². The van der Waals surface area contributed by atoms with Crippen molar-refractivity contribution in [2.75, 3.05) is 0 Å². The molecular weight excluding hydrogens is 166 g/mol. The minimum atomic E-state index is -0.995. The van der Waals surface area contributed by atoms with Crippen LogP contribution >= 0.6 is 0 Å². The number of aromatic nitrogens is 1. The maximum atomic E-state index is 11.0. The highest BCUT2D eigenvalue weighted by Crippen LogP contribution is 2.17. The Labute approximate surface area is 77.4 Å². The van der Waals surface area contributed by atoms with E-state index < -0.39 is 5.60 Å². The number of hydrogen-bond acceptors (Lipinski definition) is 3. The predicted octanol–water partition coefficient (Wildman–Crippen LogP) is 1.51. The molecule has 3 nitrogen and oxygen atoms in total. The molecule has 0 fully saturated rings. The first-order chi connectivity index (χ1) is 5.91. The first kappa shape index (κ1) is 9.86. The second-order valence-corrected chi connectivity index (χ2v) is 3.54. The number of ketones is 1. The van der Waals surface area contributed by atoms with Crippen LogP contribution in [0.5, 0.6) is 0 Å². The SMILES string of the molecule is CC(=O)c1ccnc(C(C)(C)O)c1. The minimum absolute atomic E-state index is 0.0205. The third-order valence-electron chi connectivity index (χ3n) is 1.79. The van der Waals surface area contributed by atoms with Gasteiger partial charge in [-0.1, -0.05) is 0 Å². The summed E-state index contributed by atoms with van der Waals surface area (Å²) in [5.41, 5.74) is 0.0955. The van der Waals surface area contributed by atoms with Crippen molar-refractivity contribution in [1.29, 1.82) is 0 Å². The molecule has 0 bridgehead atoms. The Balaban J connectivity index is 3.13. The second-order valence-electron chi connectivity index (χ2n) is 3.54. The summed E-state index contributed by atoms with van der Waals surface area (Å²) >= 11 is 0. The number of aliphatic hydroxyl groups is 1. The van der Waals surface area contributed by atoms with Gasteiger partial charge in [0.1, 0.15) is 5.60 Å². The van der Waals surface area contributed by atoms with Crippen LogP contribution < -0.4 is 0 Å². The first-order valence-electron chi connectivity index (χ1n) is 4.11. The summed E-state index contributed by atoms with van der Waals surface area (Å²) in [6.45, 7) is 4.77. The van der Waals surface area contributed by atoms with Gasteiger partial charge in [0.05, 0.1) is 5.69 Å². The quantitative estimate of drug-likeness (QED) is 0.700. The molecule has 0 aliphatic carbocycles. The van der Waals surface area contributed by atoms with Crippen LogP contribution in [0.2, 0.25) is 0 Å². The van der Waals surface area contributed by atoms with E-state index >= 15 is 0 Å². The number of pyridine rings is 1. The summed E-state index contributed by atoms with van der Waals surface area (Å²) in [5.74, 6) is -0.0205. The van der Waals surface area contributed by atoms with Crippen LogP contribution in [0.1, 0.15) is 36.8 Å². The monoisotopic (exact) mass is 179 g/mol. The molecule has 0 aromatic carbocycles. The van der Waals surface area contributed by atoms with Crippen molar-refractivity contribution in [3.05, 3.63) is 29.6 Å². The molecule has 0 saturated heterocycles. The van der Waals surface area contributed by atoms with Crippen LogP contribution in [0.3, 0.4) is 0 Å². The zero-order valence-corrected chi connectivity index (χ0v) is 8.03. The summed E-state index contributed by atoms with van der Waals surface area (Å²) in [6.07, 6.45) is 1.53. The van der Waals surface area contributed by atoms with E-state index in [1.165, 1.54) is 13.1 Å². The average molecular weight is 179 g/mol. The molecular formula is C10H13NO2. The van der Waals surface area contributed by atoms with Crippen molar-refractivity contribution in [2.24, 2.45) is 0 Å². The smallest absolute Gasteiger partial charge is 0.159 e. The second kappa shape index (κ2) is 3.26. The Morgan fingerprint density at radius 3 is 2.62 bits per heavy atom. The minimum Gasteiger partial charge on any atom is -0.384 e. The van der Waals surface area contributed by atoms with E-state index in [4.69, 9.17) is 0 Å². The molecule has 0 spiro atoms. The molecule has 1 N–H and O–H groups in total. The van der Waals surface area contributed by atoms with E-state index in [-0.39, 0.29) is 5.78 Å². The Hall–Kier alpha value is -1.22. The number of carbonyl (C=O) groups is 1. The number of rotatable bonds is 2. The molecule has 1 heterocycles. The zero-order valence-electron chi connectivity index (χ0n) is 8.03. The summed E-state index contributed by atoms with van der Waals surface area (Å²) in [7, 11) is 0. The van der Waals surface area contributed by atoms with Crippen molar-refractivity contribution in [3.8, 4) is 0 Å². The van der Waals surface area contributed by atoms with Gasteiger partial charge in [0.2, 0.25) is 0 Å². The van der Waals surface area contributed by atoms with Crippen molar-refractivity contribution in [2.45, 2.75) is 26.4 Å². The molecule has 0 saturated carbocycles. The fourth-order valence-electron chi connectivity index (χ4n) is 0.984. The highest BCUT2D eigenvalue weighted by Gasteiger charge is 2.18. The van der Waals surface area contributed by atoms with Gasteiger partial charge in [-0.05, 0) is 32.9 Å². The number of carbonyl (C=O) groups excluding carboxylic acids is 1. The zero-order chi connectivity index (χ0) is 10.1. The molecule has 1 rings (SSSR count). The van der Waals surface area contributed by atoms with Crippen molar-refractivity contribution >= 4 is 5.78 Å². The normalized spacial score (nSPS) is 11.4. The molecule has 3 heteroatoms. The molecule has 70 valence electrons. The van der Waals surface area contributed by atoms with E-state index in [9.17, 15) is 9.90 Å². The van der Waals surface area contributed by atoms with Crippen LogP contribution in [0, 0.1) is 0 Å². The maximum Gasteiger partial charge on any atom is 0.159 e. The Morgan fingerprint density at radius 1 is 1.54 bits per heavy atom. The summed E-state index contributed by atoms with van der Waals surface area (Å²) in [5, 5.41) is 9.62. The van der Waals surface area contributed by atoms with Gasteiger partial charge in [-0.2, -0.15) is 0 Å². The topological polar surface area (TPSA) is 50.2 Å². The van der Waals surface area contributed by atoms with E-state index in [1.807, 2.05) is 0 Å². The van der Waals surface area contributed by atoms with Gasteiger partial charge in [-0.3, -0.25) is 9.78 Å². The fourth-order valence-corrected chi connectivity index (χ4v) is 0.984. The summed E-state index contributed by atoms with van der Waals surface area (Å²) in [4.78, 5) is 15.0. The molecule has 0 unspecified atom stereocenters. The standard InChI is InChI=1S/C10H13NO2/c1-7(12)8-4-5-11-9(6-8)10(2,3)13/h4-6,13H,1-3H3. The Morgan fingerprint density at radius 2 is 2.15 bits per heavy atom. The lowest BCUT2D eigenvalue weighted by Gasteiger charge is -2.16. The largest absolute Gasteiger partial charge is 0.384 e. The lowest BCUT2D eigenvalue weighted by Crippen LogP contribution is -2.17. The van der Waals surface area contributed by atoms with E-state index in [1.54, 1.807) is 26.0 Å². The van der Waals surface area contributed by atoms with Crippen LogP contribution in [0.4, 0.5) is 0 Å². The third-order valence-corrected chi connectivity index (χ3v) is 1.79. The van der Waals surface area contributed by atoms with Gasteiger partial charge in [-0.15, -0.1) is 0 Å². The van der Waals surface area contributed by atoms with E-state index in [2.05, 4.69) is 4.98 Å². The van der Waals surface area contributed by atoms with Crippen molar-refractivity contribution < 1.29 is 9.90 Å². The third kappa shape index (κ3) is 2.36. The molecule has 1 aromatic rings. The average Bonchev–Trinajstić information content (AvgIpc) is 2.03. The molecule has 0 aliphatic rings. The summed E-state index contributed by atoms with van der Waals surface area (Å²) < 4.78 is 0. The number of Topliss-reactive ketones (excluding diaryl/α,β-unsaturated/α-hetero) is 1. The Bertz CT molecular complexity index is 326. The van der Waals surface area contributed by atoms with E-state index in [0.29, 0.717) is 11.3 Å². The van der Waals surface area contributed by atoms with E-state index in [0.717, 1.165) is 0 Å². The molecule has 13 heavy (non-hydrogen) atoms. The Kier molecular flexibility index (Phi) is 2.48. The lowest BCUT2D eigenvalue weighted by molar-refractivity contribution is 0.0737. The fraction of sp³-hybridized carbons (Fsp3) is 0.400. The molecule has 1 aromatic heterocycles. The first-order valence-corrected chi connectivity index (χ1v) is 4.11. The van der Waals surface area contributed by atoms with Gasteiger partial charge in [0.15, 0.2) is 5.78 Å². The lowest BCUT2D eigenvalue weighted by atomic mass is 10.0. The number of hydrogen-bond donors (Lipinski definition) is 1. The maximum absolute atomic E-state index is 11.0. The van der Waals surface area contributed by atoms with Crippen LogP contribution in [0.25, 0.3) is 0 Å². The highest BCUT2D eigenvalue weighted by molar-refractivity contribution is 5.94. The van der Waals surface area contributed by atoms with Gasteiger partial charge in [-0.25, -0.2) is 0 Å². The summed E-state index contributed by atoms with van der Waals surface area (Å²) in [6, 6.07) is 3.25. The molecule has 0 atom stereocenters. The van der Waals surface area contributed by atoms with Gasteiger partial charge in [0.25, 0.3) is 0 Å². The van der Waals surface area contributed by atoms with Crippen LogP contribution in [0.15, 0.2) is 18.3 Å².